The van der Waals surface area contributed by atoms with Crippen molar-refractivity contribution in [2.45, 2.75) is 90.3 Å². The summed E-state index contributed by atoms with van der Waals surface area (Å²) in [5.74, 6) is 0.707. The van der Waals surface area contributed by atoms with Crippen LogP contribution in [0.4, 0.5) is 0 Å². The van der Waals surface area contributed by atoms with E-state index in [1.165, 1.54) is 0 Å². The van der Waals surface area contributed by atoms with Crippen molar-refractivity contribution in [1.82, 2.24) is 0 Å². The molecule has 0 aliphatic rings. The van der Waals surface area contributed by atoms with Crippen LogP contribution < -0.4 is 9.47 Å². The summed E-state index contributed by atoms with van der Waals surface area (Å²) < 4.78 is 35.0. The zero-order valence-electron chi connectivity index (χ0n) is 27.2. The summed E-state index contributed by atoms with van der Waals surface area (Å²) in [6.07, 6.45) is 7.58. The molecule has 0 bridgehead atoms. The average Bonchev–Trinajstić information content (AvgIpc) is 3.03. The number of fused-ring (bicyclic) bond motifs is 2. The molecule has 0 saturated carbocycles. The van der Waals surface area contributed by atoms with Crippen LogP contribution in [0.15, 0.2) is 42.5 Å². The fourth-order valence-electron chi connectivity index (χ4n) is 5.22. The molecule has 0 spiro atoms. The van der Waals surface area contributed by atoms with Gasteiger partial charge in [-0.3, -0.25) is 9.59 Å². The van der Waals surface area contributed by atoms with Gasteiger partial charge in [-0.05, 0) is 31.0 Å². The van der Waals surface area contributed by atoms with Crippen molar-refractivity contribution in [2.75, 3.05) is 40.6 Å². The van der Waals surface area contributed by atoms with E-state index in [0.717, 1.165) is 72.9 Å². The number of ether oxygens (including phenoxy) is 6. The Morgan fingerprint density at radius 1 is 0.622 bits per heavy atom. The van der Waals surface area contributed by atoms with Crippen molar-refractivity contribution in [3.63, 3.8) is 0 Å². The quantitative estimate of drug-likeness (QED) is 0.0611. The number of hydrogen-bond donors (Lipinski definition) is 0. The summed E-state index contributed by atoms with van der Waals surface area (Å²) in [7, 11) is 3.14. The van der Waals surface area contributed by atoms with Gasteiger partial charge in [0.25, 0.3) is 0 Å². The Bertz CT molecular complexity index is 1340. The van der Waals surface area contributed by atoms with Gasteiger partial charge in [-0.25, -0.2) is 0 Å². The number of benzene rings is 3. The van der Waals surface area contributed by atoms with Gasteiger partial charge in [0.15, 0.2) is 12.2 Å². The molecule has 0 aliphatic carbocycles. The van der Waals surface area contributed by atoms with Gasteiger partial charge in [-0.1, -0.05) is 88.2 Å². The normalized spacial score (nSPS) is 12.6. The van der Waals surface area contributed by atoms with Crippen LogP contribution in [0.1, 0.15) is 78.1 Å². The number of carbonyl (C=O) groups is 2. The van der Waals surface area contributed by atoms with Gasteiger partial charge in [0, 0.05) is 53.6 Å². The van der Waals surface area contributed by atoms with E-state index in [9.17, 15) is 9.59 Å². The number of unbranched alkanes of at least 4 members (excludes halogenated alkanes) is 6. The van der Waals surface area contributed by atoms with Gasteiger partial charge in [-0.2, -0.15) is 0 Å². The van der Waals surface area contributed by atoms with Crippen LogP contribution >= 0.6 is 11.6 Å². The van der Waals surface area contributed by atoms with E-state index in [1.807, 2.05) is 36.4 Å². The third-order valence-electron chi connectivity index (χ3n) is 7.48. The number of esters is 2. The zero-order chi connectivity index (χ0) is 32.4. The third kappa shape index (κ3) is 11.7. The highest BCUT2D eigenvalue weighted by Gasteiger charge is 2.22. The second-order valence-corrected chi connectivity index (χ2v) is 11.7. The maximum atomic E-state index is 12.5. The second-order valence-electron chi connectivity index (χ2n) is 11.3. The van der Waals surface area contributed by atoms with Crippen molar-refractivity contribution >= 4 is 45.1 Å². The first-order valence-electron chi connectivity index (χ1n) is 16.2. The molecule has 3 aromatic carbocycles. The molecule has 248 valence electrons. The molecule has 0 radical (unpaired) electrons. The van der Waals surface area contributed by atoms with E-state index >= 15 is 0 Å². The van der Waals surface area contributed by atoms with Gasteiger partial charge >= 0.3 is 11.9 Å². The summed E-state index contributed by atoms with van der Waals surface area (Å²) in [5.41, 5.74) is 0. The first-order chi connectivity index (χ1) is 21.9. The first-order valence-corrected chi connectivity index (χ1v) is 16.6. The van der Waals surface area contributed by atoms with Crippen molar-refractivity contribution < 1.29 is 38.0 Å². The van der Waals surface area contributed by atoms with E-state index in [-0.39, 0.29) is 38.4 Å². The Labute approximate surface area is 272 Å². The second kappa shape index (κ2) is 20.1. The minimum Gasteiger partial charge on any atom is -0.488 e. The lowest BCUT2D eigenvalue weighted by atomic mass is 10.0. The fourth-order valence-corrected chi connectivity index (χ4v) is 5.39. The average molecular weight is 645 g/mol. The van der Waals surface area contributed by atoms with Gasteiger partial charge in [0.1, 0.15) is 24.7 Å². The van der Waals surface area contributed by atoms with Crippen LogP contribution in [-0.2, 0) is 28.5 Å². The van der Waals surface area contributed by atoms with E-state index in [2.05, 4.69) is 13.8 Å². The van der Waals surface area contributed by atoms with E-state index in [0.29, 0.717) is 29.4 Å². The maximum Gasteiger partial charge on any atom is 0.306 e. The summed E-state index contributed by atoms with van der Waals surface area (Å²) >= 11 is 6.47. The van der Waals surface area contributed by atoms with Crippen molar-refractivity contribution in [3.05, 3.63) is 47.5 Å². The standard InChI is InChI=1S/C36H49ClO8/c1-5-7-9-11-17-33(38)44-27(22-40-3)24-42-35-29-15-13-14-16-30(29)36(32-21-26(37)19-20-31(32)35)43-25-28(23-41-4)45-34(39)18-12-10-8-6-2/h13-16,19-21,27-28H,5-12,17-18,22-25H2,1-4H3. The van der Waals surface area contributed by atoms with E-state index in [1.54, 1.807) is 20.3 Å². The fraction of sp³-hybridized carbons (Fsp3) is 0.556. The molecule has 2 atom stereocenters. The predicted molar refractivity (Wildman–Crippen MR) is 178 cm³/mol. The molecule has 3 rings (SSSR count). The van der Waals surface area contributed by atoms with E-state index in [4.69, 9.17) is 40.0 Å². The molecule has 0 aromatic heterocycles. The Hall–Kier alpha value is -3.07. The molecule has 45 heavy (non-hydrogen) atoms. The summed E-state index contributed by atoms with van der Waals surface area (Å²) in [5, 5.41) is 3.69. The number of rotatable bonds is 22. The topological polar surface area (TPSA) is 89.5 Å². The van der Waals surface area contributed by atoms with Crippen molar-refractivity contribution in [1.29, 1.82) is 0 Å². The summed E-state index contributed by atoms with van der Waals surface area (Å²) in [6, 6.07) is 13.3. The number of methoxy groups -OCH3 is 2. The Balaban J connectivity index is 1.84. The smallest absolute Gasteiger partial charge is 0.306 e. The van der Waals surface area contributed by atoms with Crippen LogP contribution in [0.3, 0.4) is 0 Å². The van der Waals surface area contributed by atoms with Crippen LogP contribution in [0, 0.1) is 0 Å². The molecular weight excluding hydrogens is 596 g/mol. The molecule has 9 heteroatoms. The molecule has 0 fully saturated rings. The molecule has 3 aromatic rings. The maximum absolute atomic E-state index is 12.5. The SMILES string of the molecule is CCCCCCC(=O)OC(COC)COc1c2ccccc2c(OCC(COC)OC(=O)CCCCCC)c2cc(Cl)ccc12. The molecule has 0 N–H and O–H groups in total. The molecule has 0 aliphatic heterocycles. The Morgan fingerprint density at radius 2 is 1.09 bits per heavy atom. The zero-order valence-corrected chi connectivity index (χ0v) is 28.0. The van der Waals surface area contributed by atoms with Gasteiger partial charge in [-0.15, -0.1) is 0 Å². The number of carbonyl (C=O) groups excluding carboxylic acids is 2. The monoisotopic (exact) mass is 644 g/mol. The number of halogens is 1. The first kappa shape index (κ1) is 36.4. The van der Waals surface area contributed by atoms with Crippen LogP contribution in [0.25, 0.3) is 21.5 Å². The molecule has 0 heterocycles. The lowest BCUT2D eigenvalue weighted by Crippen LogP contribution is -2.30. The largest absolute Gasteiger partial charge is 0.488 e. The minimum absolute atomic E-state index is 0.102. The van der Waals surface area contributed by atoms with Gasteiger partial charge < -0.3 is 28.4 Å². The highest BCUT2D eigenvalue weighted by Crippen LogP contribution is 2.43. The van der Waals surface area contributed by atoms with Crippen molar-refractivity contribution in [2.24, 2.45) is 0 Å². The lowest BCUT2D eigenvalue weighted by molar-refractivity contribution is -0.154. The highest BCUT2D eigenvalue weighted by molar-refractivity contribution is 6.31. The van der Waals surface area contributed by atoms with Crippen LogP contribution in [0.5, 0.6) is 11.5 Å². The number of hydrogen-bond acceptors (Lipinski definition) is 8. The molecular formula is C36H49ClO8. The predicted octanol–water partition coefficient (Wildman–Crippen LogP) is 8.46. The molecule has 0 saturated heterocycles. The third-order valence-corrected chi connectivity index (χ3v) is 7.72. The van der Waals surface area contributed by atoms with Crippen LogP contribution in [0.2, 0.25) is 5.02 Å². The highest BCUT2D eigenvalue weighted by atomic mass is 35.5. The minimum atomic E-state index is -0.580. The molecule has 0 amide bonds. The van der Waals surface area contributed by atoms with E-state index < -0.39 is 12.2 Å². The lowest BCUT2D eigenvalue weighted by Gasteiger charge is -2.22. The summed E-state index contributed by atoms with van der Waals surface area (Å²) in [4.78, 5) is 25.1. The Morgan fingerprint density at radius 3 is 1.56 bits per heavy atom. The van der Waals surface area contributed by atoms with Crippen molar-refractivity contribution in [3.8, 4) is 11.5 Å². The van der Waals surface area contributed by atoms with Gasteiger partial charge in [0.05, 0.1) is 13.2 Å². The molecule has 2 unspecified atom stereocenters. The van der Waals surface area contributed by atoms with Crippen LogP contribution in [-0.4, -0.2) is 64.8 Å². The van der Waals surface area contributed by atoms with Gasteiger partial charge in [0.2, 0.25) is 0 Å². The molecule has 8 nitrogen and oxygen atoms in total. The Kier molecular flexibility index (Phi) is 16.3. The summed E-state index contributed by atoms with van der Waals surface area (Å²) in [6.45, 7) is 4.90.